The van der Waals surface area contributed by atoms with Crippen LogP contribution in [-0.2, 0) is 4.74 Å². The first kappa shape index (κ1) is 15.6. The number of ether oxygens (including phenoxy) is 2. The Morgan fingerprint density at radius 2 is 2.00 bits per heavy atom. The van der Waals surface area contributed by atoms with Gasteiger partial charge in [-0.25, -0.2) is 4.79 Å². The highest BCUT2D eigenvalue weighted by Gasteiger charge is 2.42. The van der Waals surface area contributed by atoms with Gasteiger partial charge in [-0.05, 0) is 37.0 Å². The maximum atomic E-state index is 12.5. The Hall–Kier alpha value is -2.24. The van der Waals surface area contributed by atoms with Gasteiger partial charge in [0.1, 0.15) is 11.9 Å². The number of nitrogens with one attached hydrogen (secondary N) is 1. The number of nitrogens with two attached hydrogens (primary N) is 1. The molecular weight excluding hydrogens is 296 g/mol. The summed E-state index contributed by atoms with van der Waals surface area (Å²) in [6, 6.07) is 5.78. The fourth-order valence-electron chi connectivity index (χ4n) is 3.27. The fraction of sp³-hybridized carbons (Fsp3) is 0.529. The van der Waals surface area contributed by atoms with Crippen LogP contribution < -0.4 is 15.8 Å². The Morgan fingerprint density at radius 3 is 2.65 bits per heavy atom. The van der Waals surface area contributed by atoms with Crippen LogP contribution in [0.1, 0.15) is 53.9 Å². The molecule has 3 rings (SSSR count). The second kappa shape index (κ2) is 6.48. The Kier molecular flexibility index (Phi) is 4.41. The van der Waals surface area contributed by atoms with Crippen LogP contribution in [0.25, 0.3) is 0 Å². The van der Waals surface area contributed by atoms with E-state index in [9.17, 15) is 9.59 Å². The van der Waals surface area contributed by atoms with Gasteiger partial charge in [-0.3, -0.25) is 4.79 Å². The number of hydrogen-bond donors (Lipinski definition) is 2. The molecule has 2 saturated carbocycles. The molecular formula is C17H22N2O4. The summed E-state index contributed by atoms with van der Waals surface area (Å²) in [7, 11) is 1.55. The molecule has 23 heavy (non-hydrogen) atoms. The van der Waals surface area contributed by atoms with Crippen molar-refractivity contribution in [2.45, 2.75) is 50.2 Å². The number of benzene rings is 1. The van der Waals surface area contributed by atoms with E-state index in [0.717, 1.165) is 37.7 Å². The first-order valence-electron chi connectivity index (χ1n) is 8.03. The average molecular weight is 318 g/mol. The van der Waals surface area contributed by atoms with Crippen molar-refractivity contribution < 1.29 is 19.1 Å². The molecule has 2 fully saturated rings. The topological polar surface area (TPSA) is 90.7 Å². The lowest BCUT2D eigenvalue weighted by atomic mass is 10.0. The van der Waals surface area contributed by atoms with Crippen LogP contribution in [-0.4, -0.2) is 31.3 Å². The first-order valence-corrected chi connectivity index (χ1v) is 8.03. The predicted octanol–water partition coefficient (Wildman–Crippen LogP) is 2.32. The van der Waals surface area contributed by atoms with E-state index in [1.807, 2.05) is 12.1 Å². The summed E-state index contributed by atoms with van der Waals surface area (Å²) in [5, 5.41) is 3.08. The minimum Gasteiger partial charge on any atom is -0.496 e. The number of hydrogen-bond acceptors (Lipinski definition) is 4. The van der Waals surface area contributed by atoms with Crippen LogP contribution in [0.3, 0.4) is 0 Å². The lowest BCUT2D eigenvalue weighted by Gasteiger charge is -2.15. The van der Waals surface area contributed by atoms with Gasteiger partial charge in [-0.1, -0.05) is 18.9 Å². The Morgan fingerprint density at radius 1 is 1.26 bits per heavy atom. The highest BCUT2D eigenvalue weighted by atomic mass is 16.6. The summed E-state index contributed by atoms with van der Waals surface area (Å²) in [5.74, 6) is 0.548. The zero-order valence-electron chi connectivity index (χ0n) is 13.2. The van der Waals surface area contributed by atoms with Crippen molar-refractivity contribution in [3.8, 4) is 5.75 Å². The first-order chi connectivity index (χ1) is 11.1. The van der Waals surface area contributed by atoms with Gasteiger partial charge in [-0.15, -0.1) is 0 Å². The van der Waals surface area contributed by atoms with E-state index in [0.29, 0.717) is 11.3 Å². The average Bonchev–Trinajstić information content (AvgIpc) is 3.08. The Bertz CT molecular complexity index is 611. The van der Waals surface area contributed by atoms with Crippen molar-refractivity contribution >= 4 is 12.0 Å². The quantitative estimate of drug-likeness (QED) is 0.871. The van der Waals surface area contributed by atoms with E-state index in [1.54, 1.807) is 13.2 Å². The SMILES string of the molecule is COc1ccc([C@@H]2C[C@H]2OC(N)=O)cc1C(=O)NC1CCCC1. The van der Waals surface area contributed by atoms with Gasteiger partial charge in [0.15, 0.2) is 0 Å². The molecule has 2 atom stereocenters. The van der Waals surface area contributed by atoms with Crippen molar-refractivity contribution in [3.05, 3.63) is 29.3 Å². The van der Waals surface area contributed by atoms with E-state index >= 15 is 0 Å². The number of primary amides is 1. The zero-order valence-corrected chi connectivity index (χ0v) is 13.2. The summed E-state index contributed by atoms with van der Waals surface area (Å²) >= 11 is 0. The van der Waals surface area contributed by atoms with Gasteiger partial charge in [0, 0.05) is 12.0 Å². The molecule has 1 aromatic rings. The van der Waals surface area contributed by atoms with Gasteiger partial charge in [0.2, 0.25) is 0 Å². The third-order valence-corrected chi connectivity index (χ3v) is 4.59. The highest BCUT2D eigenvalue weighted by Crippen LogP contribution is 2.44. The van der Waals surface area contributed by atoms with E-state index in [-0.39, 0.29) is 24.0 Å². The van der Waals surface area contributed by atoms with E-state index in [1.165, 1.54) is 0 Å². The highest BCUT2D eigenvalue weighted by molar-refractivity contribution is 5.97. The minimum atomic E-state index is -0.759. The lowest BCUT2D eigenvalue weighted by Crippen LogP contribution is -2.32. The molecule has 0 spiro atoms. The molecule has 1 aromatic carbocycles. The van der Waals surface area contributed by atoms with E-state index in [4.69, 9.17) is 15.2 Å². The van der Waals surface area contributed by atoms with E-state index in [2.05, 4.69) is 5.32 Å². The molecule has 6 nitrogen and oxygen atoms in total. The third-order valence-electron chi connectivity index (χ3n) is 4.59. The second-order valence-electron chi connectivity index (χ2n) is 6.23. The van der Waals surface area contributed by atoms with Crippen LogP contribution in [0.2, 0.25) is 0 Å². The molecule has 0 unspecified atom stereocenters. The standard InChI is InChI=1S/C17H22N2O4/c1-22-14-7-6-10(12-9-15(12)23-17(18)21)8-13(14)16(20)19-11-4-2-3-5-11/h6-8,11-12,15H,2-5,9H2,1H3,(H2,18,21)(H,19,20)/t12-,15+/m0/s1. The molecule has 2 amide bonds. The molecule has 6 heteroatoms. The van der Waals surface area contributed by atoms with Crippen LogP contribution >= 0.6 is 0 Å². The Balaban J connectivity index is 1.74. The summed E-state index contributed by atoms with van der Waals surface area (Å²) < 4.78 is 10.3. The van der Waals surface area contributed by atoms with Crippen LogP contribution in [0.5, 0.6) is 5.75 Å². The molecule has 3 N–H and O–H groups in total. The largest absolute Gasteiger partial charge is 0.496 e. The molecule has 0 radical (unpaired) electrons. The van der Waals surface area contributed by atoms with Gasteiger partial charge in [0.25, 0.3) is 5.91 Å². The normalized spacial score (nSPS) is 23.3. The molecule has 0 bridgehead atoms. The molecule has 0 saturated heterocycles. The van der Waals surface area contributed by atoms with Crippen molar-refractivity contribution in [2.75, 3.05) is 7.11 Å². The molecule has 0 aromatic heterocycles. The van der Waals surface area contributed by atoms with Gasteiger partial charge in [-0.2, -0.15) is 0 Å². The smallest absolute Gasteiger partial charge is 0.404 e. The van der Waals surface area contributed by atoms with Crippen molar-refractivity contribution in [2.24, 2.45) is 5.73 Å². The maximum Gasteiger partial charge on any atom is 0.404 e. The maximum absolute atomic E-state index is 12.5. The monoisotopic (exact) mass is 318 g/mol. The predicted molar refractivity (Wildman–Crippen MR) is 84.5 cm³/mol. The molecule has 0 heterocycles. The Labute approximate surface area is 135 Å². The summed E-state index contributed by atoms with van der Waals surface area (Å²) in [5.41, 5.74) is 6.54. The molecule has 124 valence electrons. The van der Waals surface area contributed by atoms with Gasteiger partial charge >= 0.3 is 6.09 Å². The van der Waals surface area contributed by atoms with Crippen molar-refractivity contribution in [3.63, 3.8) is 0 Å². The fourth-order valence-corrected chi connectivity index (χ4v) is 3.27. The zero-order chi connectivity index (χ0) is 16.4. The number of rotatable bonds is 5. The van der Waals surface area contributed by atoms with Crippen LogP contribution in [0, 0.1) is 0 Å². The number of amides is 2. The molecule has 0 aliphatic heterocycles. The number of carbonyl (C=O) groups excluding carboxylic acids is 2. The third kappa shape index (κ3) is 3.57. The minimum absolute atomic E-state index is 0.103. The number of methoxy groups -OCH3 is 1. The number of carbonyl (C=O) groups is 2. The van der Waals surface area contributed by atoms with Crippen LogP contribution in [0.4, 0.5) is 4.79 Å². The van der Waals surface area contributed by atoms with Crippen molar-refractivity contribution in [1.29, 1.82) is 0 Å². The lowest BCUT2D eigenvalue weighted by molar-refractivity contribution is 0.0934. The van der Waals surface area contributed by atoms with E-state index < -0.39 is 6.09 Å². The van der Waals surface area contributed by atoms with Gasteiger partial charge < -0.3 is 20.5 Å². The summed E-state index contributed by atoms with van der Waals surface area (Å²) in [6.45, 7) is 0. The summed E-state index contributed by atoms with van der Waals surface area (Å²) in [4.78, 5) is 23.3. The molecule has 2 aliphatic rings. The van der Waals surface area contributed by atoms with Crippen molar-refractivity contribution in [1.82, 2.24) is 5.32 Å². The summed E-state index contributed by atoms with van der Waals surface area (Å²) in [6.07, 6.45) is 4.18. The van der Waals surface area contributed by atoms with Gasteiger partial charge in [0.05, 0.1) is 12.7 Å². The van der Waals surface area contributed by atoms with Crippen LogP contribution in [0.15, 0.2) is 18.2 Å². The molecule has 2 aliphatic carbocycles. The second-order valence-corrected chi connectivity index (χ2v) is 6.23.